The first-order valence-corrected chi connectivity index (χ1v) is 12.3. The van der Waals surface area contributed by atoms with E-state index in [4.69, 9.17) is 10.00 Å². The van der Waals surface area contributed by atoms with Crippen LogP contribution in [-0.4, -0.2) is 61.1 Å². The highest BCUT2D eigenvalue weighted by Crippen LogP contribution is 2.40. The number of aromatic nitrogens is 1. The Morgan fingerprint density at radius 2 is 1.91 bits per heavy atom. The van der Waals surface area contributed by atoms with Gasteiger partial charge in [0.05, 0.1) is 24.8 Å². The standard InChI is InChI=1S/C26H27N5O3S/c1-3-34-26(33)24-23(20-7-5-4-6-8-20)18(2)35-25(24)29-22(32)17-30-11-13-31(14-12-30)21-15-19(16-27)9-10-28-21/h4-10,15H,3,11-14,17H2,1-2H3,(H,29,32). The third-order valence-electron chi connectivity index (χ3n) is 5.82. The van der Waals surface area contributed by atoms with E-state index in [0.717, 1.165) is 21.8 Å². The first-order chi connectivity index (χ1) is 17.0. The fourth-order valence-corrected chi connectivity index (χ4v) is 5.23. The molecule has 0 spiro atoms. The van der Waals surface area contributed by atoms with Crippen molar-refractivity contribution in [3.05, 3.63) is 64.7 Å². The number of pyridine rings is 1. The smallest absolute Gasteiger partial charge is 0.341 e. The van der Waals surface area contributed by atoms with Crippen LogP contribution in [0, 0.1) is 18.3 Å². The molecule has 8 nitrogen and oxygen atoms in total. The molecule has 3 heterocycles. The number of amides is 1. The number of carbonyl (C=O) groups is 2. The Bertz CT molecular complexity index is 1240. The summed E-state index contributed by atoms with van der Waals surface area (Å²) in [6, 6.07) is 15.3. The summed E-state index contributed by atoms with van der Waals surface area (Å²) >= 11 is 1.39. The van der Waals surface area contributed by atoms with Crippen LogP contribution in [0.1, 0.15) is 27.7 Å². The highest BCUT2D eigenvalue weighted by molar-refractivity contribution is 7.17. The first kappa shape index (κ1) is 24.4. The molecule has 4 rings (SSSR count). The number of nitrogens with one attached hydrogen (secondary N) is 1. The van der Waals surface area contributed by atoms with Crippen LogP contribution < -0.4 is 10.2 Å². The van der Waals surface area contributed by atoms with Crippen LogP contribution >= 0.6 is 11.3 Å². The van der Waals surface area contributed by atoms with Crippen molar-refractivity contribution < 1.29 is 14.3 Å². The number of benzene rings is 1. The van der Waals surface area contributed by atoms with Gasteiger partial charge in [-0.25, -0.2) is 9.78 Å². The average molecular weight is 490 g/mol. The summed E-state index contributed by atoms with van der Waals surface area (Å²) in [5.74, 6) is 0.163. The molecule has 1 saturated heterocycles. The van der Waals surface area contributed by atoms with Gasteiger partial charge in [0, 0.05) is 42.8 Å². The highest BCUT2D eigenvalue weighted by atomic mass is 32.1. The van der Waals surface area contributed by atoms with Crippen molar-refractivity contribution in [2.45, 2.75) is 13.8 Å². The van der Waals surface area contributed by atoms with Crippen LogP contribution in [0.4, 0.5) is 10.8 Å². The van der Waals surface area contributed by atoms with E-state index in [1.807, 2.05) is 37.3 Å². The molecule has 0 aliphatic carbocycles. The summed E-state index contributed by atoms with van der Waals surface area (Å²) in [6.07, 6.45) is 1.64. The molecule has 3 aromatic rings. The topological polar surface area (TPSA) is 98.6 Å². The number of ether oxygens (including phenoxy) is 1. The zero-order valence-electron chi connectivity index (χ0n) is 19.8. The molecular weight excluding hydrogens is 462 g/mol. The third-order valence-corrected chi connectivity index (χ3v) is 6.84. The van der Waals surface area contributed by atoms with Crippen molar-refractivity contribution in [2.24, 2.45) is 0 Å². The quantitative estimate of drug-likeness (QED) is 0.502. The van der Waals surface area contributed by atoms with Gasteiger partial charge in [0.1, 0.15) is 16.4 Å². The lowest BCUT2D eigenvalue weighted by Crippen LogP contribution is -2.49. The molecule has 180 valence electrons. The van der Waals surface area contributed by atoms with E-state index in [2.05, 4.69) is 26.2 Å². The van der Waals surface area contributed by atoms with Crippen molar-refractivity contribution in [2.75, 3.05) is 49.5 Å². The molecule has 1 fully saturated rings. The number of piperazine rings is 1. The normalized spacial score (nSPS) is 13.8. The van der Waals surface area contributed by atoms with Crippen LogP contribution in [0.15, 0.2) is 48.7 Å². The summed E-state index contributed by atoms with van der Waals surface area (Å²) in [7, 11) is 0. The molecule has 35 heavy (non-hydrogen) atoms. The van der Waals surface area contributed by atoms with Crippen molar-refractivity contribution in [1.82, 2.24) is 9.88 Å². The number of aryl methyl sites for hydroxylation is 1. The van der Waals surface area contributed by atoms with Crippen LogP contribution in [0.25, 0.3) is 11.1 Å². The van der Waals surface area contributed by atoms with E-state index in [9.17, 15) is 9.59 Å². The molecule has 9 heteroatoms. The Hall–Kier alpha value is -3.74. The van der Waals surface area contributed by atoms with Gasteiger partial charge in [0.25, 0.3) is 0 Å². The van der Waals surface area contributed by atoms with Gasteiger partial charge in [-0.05, 0) is 31.5 Å². The Morgan fingerprint density at radius 3 is 2.60 bits per heavy atom. The number of hydrogen-bond acceptors (Lipinski definition) is 8. The second-order valence-electron chi connectivity index (χ2n) is 8.15. The van der Waals surface area contributed by atoms with Crippen LogP contribution in [0.2, 0.25) is 0 Å². The van der Waals surface area contributed by atoms with Crippen LogP contribution in [0.5, 0.6) is 0 Å². The molecule has 0 radical (unpaired) electrons. The molecule has 1 aromatic carbocycles. The fraction of sp³-hybridized carbons (Fsp3) is 0.308. The SMILES string of the molecule is CCOC(=O)c1c(NC(=O)CN2CCN(c3cc(C#N)ccn3)CC2)sc(C)c1-c1ccccc1. The Labute approximate surface area is 208 Å². The Kier molecular flexibility index (Phi) is 7.75. The van der Waals surface area contributed by atoms with Gasteiger partial charge in [-0.1, -0.05) is 30.3 Å². The largest absolute Gasteiger partial charge is 0.462 e. The summed E-state index contributed by atoms with van der Waals surface area (Å²) in [6.45, 7) is 6.98. The van der Waals surface area contributed by atoms with Crippen molar-refractivity contribution >= 4 is 34.0 Å². The van der Waals surface area contributed by atoms with Gasteiger partial charge in [0.2, 0.25) is 5.91 Å². The number of esters is 1. The minimum atomic E-state index is -0.438. The third kappa shape index (κ3) is 5.67. The second-order valence-corrected chi connectivity index (χ2v) is 9.37. The van der Waals surface area contributed by atoms with Gasteiger partial charge >= 0.3 is 5.97 Å². The summed E-state index contributed by atoms with van der Waals surface area (Å²) < 4.78 is 5.32. The van der Waals surface area contributed by atoms with Crippen molar-refractivity contribution in [1.29, 1.82) is 5.26 Å². The Morgan fingerprint density at radius 1 is 1.17 bits per heavy atom. The number of thiophene rings is 1. The number of nitriles is 1. The lowest BCUT2D eigenvalue weighted by atomic mass is 10.0. The number of hydrogen-bond donors (Lipinski definition) is 1. The molecule has 1 amide bonds. The number of nitrogens with zero attached hydrogens (tertiary/aromatic N) is 4. The fourth-order valence-electron chi connectivity index (χ4n) is 4.15. The average Bonchev–Trinajstić information content (AvgIpc) is 3.20. The Balaban J connectivity index is 1.44. The molecular formula is C26H27N5O3S. The zero-order valence-corrected chi connectivity index (χ0v) is 20.6. The lowest BCUT2D eigenvalue weighted by molar-refractivity contribution is -0.117. The van der Waals surface area contributed by atoms with E-state index in [0.29, 0.717) is 42.3 Å². The second kappa shape index (κ2) is 11.1. The van der Waals surface area contributed by atoms with Crippen LogP contribution in [-0.2, 0) is 9.53 Å². The molecule has 0 atom stereocenters. The zero-order chi connectivity index (χ0) is 24.8. The van der Waals surface area contributed by atoms with Crippen LogP contribution in [0.3, 0.4) is 0 Å². The van der Waals surface area contributed by atoms with Gasteiger partial charge in [0.15, 0.2) is 0 Å². The van der Waals surface area contributed by atoms with Crippen molar-refractivity contribution in [3.63, 3.8) is 0 Å². The van der Waals surface area contributed by atoms with Gasteiger partial charge in [-0.15, -0.1) is 11.3 Å². The molecule has 1 N–H and O–H groups in total. The van der Waals surface area contributed by atoms with E-state index in [1.54, 1.807) is 25.3 Å². The maximum Gasteiger partial charge on any atom is 0.341 e. The molecule has 2 aromatic heterocycles. The summed E-state index contributed by atoms with van der Waals surface area (Å²) in [5.41, 5.74) is 2.69. The predicted molar refractivity (Wildman–Crippen MR) is 137 cm³/mol. The van der Waals surface area contributed by atoms with E-state index < -0.39 is 5.97 Å². The lowest BCUT2D eigenvalue weighted by Gasteiger charge is -2.35. The molecule has 0 saturated carbocycles. The highest BCUT2D eigenvalue weighted by Gasteiger charge is 2.26. The van der Waals surface area contributed by atoms with E-state index in [1.165, 1.54) is 11.3 Å². The molecule has 0 unspecified atom stereocenters. The molecule has 0 bridgehead atoms. The maximum absolute atomic E-state index is 12.9. The van der Waals surface area contributed by atoms with Gasteiger partial charge in [-0.3, -0.25) is 9.69 Å². The summed E-state index contributed by atoms with van der Waals surface area (Å²) in [5, 5.41) is 12.6. The predicted octanol–water partition coefficient (Wildman–Crippen LogP) is 3.93. The van der Waals surface area contributed by atoms with E-state index in [-0.39, 0.29) is 19.1 Å². The number of rotatable bonds is 7. The first-order valence-electron chi connectivity index (χ1n) is 11.5. The molecule has 1 aliphatic heterocycles. The number of anilines is 2. The van der Waals surface area contributed by atoms with Crippen molar-refractivity contribution in [3.8, 4) is 17.2 Å². The number of carbonyl (C=O) groups excluding carboxylic acids is 2. The van der Waals surface area contributed by atoms with Gasteiger partial charge < -0.3 is 15.0 Å². The monoisotopic (exact) mass is 489 g/mol. The minimum absolute atomic E-state index is 0.172. The van der Waals surface area contributed by atoms with E-state index >= 15 is 0 Å². The maximum atomic E-state index is 12.9. The molecule has 1 aliphatic rings. The van der Waals surface area contributed by atoms with Gasteiger partial charge in [-0.2, -0.15) is 5.26 Å². The minimum Gasteiger partial charge on any atom is -0.462 e. The summed E-state index contributed by atoms with van der Waals surface area (Å²) in [4.78, 5) is 35.3.